The van der Waals surface area contributed by atoms with Crippen molar-refractivity contribution >= 4 is 21.6 Å². The van der Waals surface area contributed by atoms with Crippen LogP contribution in [-0.4, -0.2) is 28.5 Å². The van der Waals surface area contributed by atoms with E-state index in [1.807, 2.05) is 0 Å². The lowest BCUT2D eigenvalue weighted by Gasteiger charge is -2.20. The Morgan fingerprint density at radius 2 is 1.74 bits per heavy atom. The van der Waals surface area contributed by atoms with Gasteiger partial charge in [0.1, 0.15) is 5.75 Å². The second-order valence-corrected chi connectivity index (χ2v) is 6.98. The van der Waals surface area contributed by atoms with Crippen molar-refractivity contribution in [3.8, 4) is 5.75 Å². The van der Waals surface area contributed by atoms with Crippen molar-refractivity contribution in [1.29, 1.82) is 0 Å². The third-order valence-electron chi connectivity index (χ3n) is 3.54. The molecular formula is C16H18N2O4S. The zero-order valence-corrected chi connectivity index (χ0v) is 13.9. The number of hydrogen-bond acceptors (Lipinski definition) is 4. The predicted molar refractivity (Wildman–Crippen MR) is 88.3 cm³/mol. The van der Waals surface area contributed by atoms with Crippen molar-refractivity contribution in [2.24, 2.45) is 5.73 Å². The van der Waals surface area contributed by atoms with Gasteiger partial charge in [0.25, 0.3) is 10.0 Å². The Morgan fingerprint density at radius 3 is 2.22 bits per heavy atom. The number of rotatable bonds is 5. The minimum Gasteiger partial charge on any atom is -0.496 e. The number of nitrogens with two attached hydrogens (primary N) is 1. The summed E-state index contributed by atoms with van der Waals surface area (Å²) in [6, 6.07) is 10.7. The first-order valence-corrected chi connectivity index (χ1v) is 8.25. The average Bonchev–Trinajstić information content (AvgIpc) is 2.54. The molecule has 0 aliphatic heterocycles. The monoisotopic (exact) mass is 334 g/mol. The molecule has 0 radical (unpaired) electrons. The van der Waals surface area contributed by atoms with Gasteiger partial charge in [0.2, 0.25) is 5.91 Å². The van der Waals surface area contributed by atoms with Crippen LogP contribution in [0.1, 0.15) is 15.9 Å². The molecule has 0 aromatic heterocycles. The molecule has 2 aromatic carbocycles. The summed E-state index contributed by atoms with van der Waals surface area (Å²) < 4.78 is 31.7. The molecule has 0 heterocycles. The van der Waals surface area contributed by atoms with E-state index in [4.69, 9.17) is 10.5 Å². The number of benzene rings is 2. The number of aryl methyl sites for hydroxylation is 1. The Labute approximate surface area is 135 Å². The normalized spacial score (nSPS) is 11.1. The molecule has 0 spiro atoms. The molecule has 1 amide bonds. The summed E-state index contributed by atoms with van der Waals surface area (Å²) in [6.07, 6.45) is 0. The minimum atomic E-state index is -3.71. The molecule has 2 aromatic rings. The van der Waals surface area contributed by atoms with Crippen molar-refractivity contribution in [1.82, 2.24) is 0 Å². The number of amides is 1. The van der Waals surface area contributed by atoms with Gasteiger partial charge in [-0.3, -0.25) is 9.10 Å². The van der Waals surface area contributed by atoms with Gasteiger partial charge in [-0.1, -0.05) is 0 Å². The Morgan fingerprint density at radius 1 is 1.13 bits per heavy atom. The van der Waals surface area contributed by atoms with Gasteiger partial charge in [-0.05, 0) is 55.0 Å². The van der Waals surface area contributed by atoms with Crippen LogP contribution in [-0.2, 0) is 10.0 Å². The summed E-state index contributed by atoms with van der Waals surface area (Å²) in [5.74, 6) is 0.0604. The van der Waals surface area contributed by atoms with Crippen LogP contribution < -0.4 is 14.8 Å². The number of methoxy groups -OCH3 is 1. The van der Waals surface area contributed by atoms with E-state index in [-0.39, 0.29) is 4.90 Å². The zero-order valence-electron chi connectivity index (χ0n) is 13.1. The van der Waals surface area contributed by atoms with Crippen LogP contribution in [0.15, 0.2) is 47.4 Å². The fraction of sp³-hybridized carbons (Fsp3) is 0.188. The molecule has 0 saturated carbocycles. The van der Waals surface area contributed by atoms with Gasteiger partial charge in [0.05, 0.1) is 17.7 Å². The molecular weight excluding hydrogens is 316 g/mol. The third-order valence-corrected chi connectivity index (χ3v) is 5.32. The van der Waals surface area contributed by atoms with Crippen LogP contribution in [0.25, 0.3) is 0 Å². The standard InChI is InChI=1S/C16H18N2O4S/c1-11-10-14(8-9-15(11)22-3)23(20,21)18(2)13-6-4-12(5-7-13)16(17)19/h4-10H,1-3H3,(H2,17,19). The van der Waals surface area contributed by atoms with Crippen molar-refractivity contribution in [3.63, 3.8) is 0 Å². The van der Waals surface area contributed by atoms with E-state index in [0.29, 0.717) is 17.0 Å². The first-order chi connectivity index (χ1) is 10.8. The van der Waals surface area contributed by atoms with Crippen LogP contribution in [0.3, 0.4) is 0 Å². The van der Waals surface area contributed by atoms with Gasteiger partial charge in [-0.25, -0.2) is 8.42 Å². The fourth-order valence-electron chi connectivity index (χ4n) is 2.14. The highest BCUT2D eigenvalue weighted by Crippen LogP contribution is 2.26. The molecule has 0 unspecified atom stereocenters. The maximum absolute atomic E-state index is 12.7. The molecule has 0 bridgehead atoms. The first kappa shape index (κ1) is 16.8. The molecule has 2 rings (SSSR count). The van der Waals surface area contributed by atoms with E-state index in [1.54, 1.807) is 19.1 Å². The van der Waals surface area contributed by atoms with Gasteiger partial charge in [-0.15, -0.1) is 0 Å². The average molecular weight is 334 g/mol. The Hall–Kier alpha value is -2.54. The summed E-state index contributed by atoms with van der Waals surface area (Å²) in [5.41, 5.74) is 6.66. The highest BCUT2D eigenvalue weighted by atomic mass is 32.2. The van der Waals surface area contributed by atoms with Crippen molar-refractivity contribution in [3.05, 3.63) is 53.6 Å². The highest BCUT2D eigenvalue weighted by molar-refractivity contribution is 7.92. The molecule has 0 atom stereocenters. The number of hydrogen-bond donors (Lipinski definition) is 1. The molecule has 7 heteroatoms. The van der Waals surface area contributed by atoms with Crippen LogP contribution in [0.5, 0.6) is 5.75 Å². The van der Waals surface area contributed by atoms with E-state index in [0.717, 1.165) is 9.87 Å². The van der Waals surface area contributed by atoms with Crippen molar-refractivity contribution in [2.75, 3.05) is 18.5 Å². The number of anilines is 1. The smallest absolute Gasteiger partial charge is 0.264 e. The van der Waals surface area contributed by atoms with Crippen LogP contribution >= 0.6 is 0 Å². The van der Waals surface area contributed by atoms with E-state index in [1.165, 1.54) is 44.5 Å². The summed E-state index contributed by atoms with van der Waals surface area (Å²) in [5, 5.41) is 0. The summed E-state index contributed by atoms with van der Waals surface area (Å²) in [4.78, 5) is 11.2. The minimum absolute atomic E-state index is 0.164. The molecule has 23 heavy (non-hydrogen) atoms. The van der Waals surface area contributed by atoms with Gasteiger partial charge < -0.3 is 10.5 Å². The largest absolute Gasteiger partial charge is 0.496 e. The molecule has 2 N–H and O–H groups in total. The molecule has 0 aliphatic carbocycles. The summed E-state index contributed by atoms with van der Waals surface area (Å²) in [7, 11) is -0.728. The van der Waals surface area contributed by atoms with Crippen LogP contribution in [0, 0.1) is 6.92 Å². The molecule has 122 valence electrons. The number of sulfonamides is 1. The second-order valence-electron chi connectivity index (χ2n) is 5.02. The fourth-order valence-corrected chi connectivity index (χ4v) is 3.43. The lowest BCUT2D eigenvalue weighted by atomic mass is 10.2. The van der Waals surface area contributed by atoms with Gasteiger partial charge in [0.15, 0.2) is 0 Å². The topological polar surface area (TPSA) is 89.7 Å². The van der Waals surface area contributed by atoms with E-state index in [2.05, 4.69) is 0 Å². The predicted octanol–water partition coefficient (Wildman–Crippen LogP) is 1.93. The summed E-state index contributed by atoms with van der Waals surface area (Å²) in [6.45, 7) is 1.78. The highest BCUT2D eigenvalue weighted by Gasteiger charge is 2.22. The number of nitrogens with zero attached hydrogens (tertiary/aromatic N) is 1. The van der Waals surface area contributed by atoms with E-state index < -0.39 is 15.9 Å². The zero-order chi connectivity index (χ0) is 17.2. The lowest BCUT2D eigenvalue weighted by molar-refractivity contribution is 0.100. The van der Waals surface area contributed by atoms with Gasteiger partial charge >= 0.3 is 0 Å². The van der Waals surface area contributed by atoms with E-state index in [9.17, 15) is 13.2 Å². The number of carbonyl (C=O) groups is 1. The van der Waals surface area contributed by atoms with Crippen molar-refractivity contribution < 1.29 is 17.9 Å². The van der Waals surface area contributed by atoms with E-state index >= 15 is 0 Å². The summed E-state index contributed by atoms with van der Waals surface area (Å²) >= 11 is 0. The number of carbonyl (C=O) groups excluding carboxylic acids is 1. The number of primary amides is 1. The first-order valence-electron chi connectivity index (χ1n) is 6.81. The molecule has 6 nitrogen and oxygen atoms in total. The maximum Gasteiger partial charge on any atom is 0.264 e. The quantitative estimate of drug-likeness (QED) is 0.904. The van der Waals surface area contributed by atoms with Crippen molar-refractivity contribution in [2.45, 2.75) is 11.8 Å². The van der Waals surface area contributed by atoms with Crippen LogP contribution in [0.4, 0.5) is 5.69 Å². The van der Waals surface area contributed by atoms with Gasteiger partial charge in [0, 0.05) is 12.6 Å². The Kier molecular flexibility index (Phi) is 4.60. The molecule has 0 aliphatic rings. The van der Waals surface area contributed by atoms with Gasteiger partial charge in [-0.2, -0.15) is 0 Å². The molecule has 0 fully saturated rings. The second kappa shape index (κ2) is 6.29. The molecule has 0 saturated heterocycles. The lowest BCUT2D eigenvalue weighted by Crippen LogP contribution is -2.26. The third kappa shape index (κ3) is 3.29. The SMILES string of the molecule is COc1ccc(S(=O)(=O)N(C)c2ccc(C(N)=O)cc2)cc1C. The maximum atomic E-state index is 12.7. The van der Waals surface area contributed by atoms with Crippen LogP contribution in [0.2, 0.25) is 0 Å². The Bertz CT molecular complexity index is 830. The Balaban J connectivity index is 2.38. The number of ether oxygens (including phenoxy) is 1.